The van der Waals surface area contributed by atoms with Crippen LogP contribution in [0.15, 0.2) is 121 Å². The van der Waals surface area contributed by atoms with Crippen molar-refractivity contribution in [1.29, 1.82) is 0 Å². The van der Waals surface area contributed by atoms with Crippen molar-refractivity contribution >= 4 is 43.1 Å². The van der Waals surface area contributed by atoms with Crippen molar-refractivity contribution in [3.05, 3.63) is 155 Å². The van der Waals surface area contributed by atoms with Crippen molar-refractivity contribution in [2.24, 2.45) is 0 Å². The number of rotatable bonds is 2. The summed E-state index contributed by atoms with van der Waals surface area (Å²) in [6, 6.07) is 48.2. The molecular weight excluding hydrogens is 769 g/mol. The zero-order valence-electron chi connectivity index (χ0n) is 40.5. The molecule has 318 valence electrons. The number of hydrogen-bond donors (Lipinski definition) is 0. The van der Waals surface area contributed by atoms with Crippen LogP contribution in [0.3, 0.4) is 0 Å². The second-order valence-electron chi connectivity index (χ2n) is 23.5. The van der Waals surface area contributed by atoms with Crippen LogP contribution < -0.4 is 0 Å². The molecule has 0 N–H and O–H groups in total. The monoisotopic (exact) mass is 830 g/mol. The molecule has 0 bridgehead atoms. The molecule has 0 saturated carbocycles. The Hall–Kier alpha value is -5.98. The van der Waals surface area contributed by atoms with Gasteiger partial charge in [-0.2, -0.15) is 0 Å². The lowest BCUT2D eigenvalue weighted by Crippen LogP contribution is -2.17. The van der Waals surface area contributed by atoms with Crippen LogP contribution in [-0.4, -0.2) is 0 Å². The molecule has 0 fully saturated rings. The average molecular weight is 831 g/mol. The molecule has 9 aromatic carbocycles. The van der Waals surface area contributed by atoms with Crippen LogP contribution in [0.5, 0.6) is 0 Å². The van der Waals surface area contributed by atoms with Gasteiger partial charge >= 0.3 is 0 Å². The van der Waals surface area contributed by atoms with E-state index >= 15 is 0 Å². The van der Waals surface area contributed by atoms with Gasteiger partial charge in [-0.25, -0.2) is 0 Å². The fourth-order valence-electron chi connectivity index (χ4n) is 11.3. The molecule has 0 radical (unpaired) electrons. The smallest absolute Gasteiger partial charge is 0.000740 e. The number of fused-ring (bicyclic) bond motifs is 9. The Morgan fingerprint density at radius 2 is 0.562 bits per heavy atom. The summed E-state index contributed by atoms with van der Waals surface area (Å²) in [5, 5.41) is 10.8. The maximum atomic E-state index is 2.52. The van der Waals surface area contributed by atoms with Crippen LogP contribution in [0, 0.1) is 13.8 Å². The minimum atomic E-state index is -0.0188. The summed E-state index contributed by atoms with van der Waals surface area (Å²) in [6.07, 6.45) is 0. The first-order valence-corrected chi connectivity index (χ1v) is 23.6. The molecule has 0 aromatic heterocycles. The highest BCUT2D eigenvalue weighted by atomic mass is 14.4. The Morgan fingerprint density at radius 1 is 0.266 bits per heavy atom. The van der Waals surface area contributed by atoms with Crippen molar-refractivity contribution in [3.8, 4) is 66.8 Å². The standard InChI is InChI=1S/C64H62/c1-35-43-19-15-16-20-44(43)36(2)52-34-54-48-24-26-50-58-49(25-23-47(57(48)58)53(54)33-51(35)52)59-55(37-27-39(61(3,4)5)31-40(28-37)62(6,7)8)45-21-17-18-22-46(45)56(60(50)59)38-29-41(63(9,10)11)32-42(30-38)64(12,13)14/h15-34H,1-14H3. The minimum absolute atomic E-state index is 0.0188. The first-order chi connectivity index (χ1) is 30.1. The Bertz CT molecular complexity index is 3230. The third-order valence-electron chi connectivity index (χ3n) is 15.1. The molecule has 0 amide bonds. The van der Waals surface area contributed by atoms with Gasteiger partial charge in [-0.05, 0) is 191 Å². The number of hydrogen-bond acceptors (Lipinski definition) is 0. The normalized spacial score (nSPS) is 13.5. The van der Waals surface area contributed by atoms with Crippen LogP contribution in [0.2, 0.25) is 0 Å². The predicted octanol–water partition coefficient (Wildman–Crippen LogP) is 18.7. The van der Waals surface area contributed by atoms with Gasteiger partial charge in [0, 0.05) is 0 Å². The topological polar surface area (TPSA) is 0 Å². The molecule has 0 aliphatic heterocycles. The summed E-state index contributed by atoms with van der Waals surface area (Å²) in [5.41, 5.74) is 24.3. The minimum Gasteiger partial charge on any atom is -0.0616 e. The fourth-order valence-corrected chi connectivity index (χ4v) is 11.3. The molecule has 11 rings (SSSR count). The molecular formula is C64H62. The highest BCUT2D eigenvalue weighted by molar-refractivity contribution is 6.32. The Kier molecular flexibility index (Phi) is 8.47. The van der Waals surface area contributed by atoms with Gasteiger partial charge in [0.05, 0.1) is 0 Å². The lowest BCUT2D eigenvalue weighted by molar-refractivity contribution is 0.568. The summed E-state index contributed by atoms with van der Waals surface area (Å²) in [7, 11) is 0. The molecule has 0 nitrogen and oxygen atoms in total. The van der Waals surface area contributed by atoms with Gasteiger partial charge in [0.25, 0.3) is 0 Å². The van der Waals surface area contributed by atoms with E-state index in [0.29, 0.717) is 0 Å². The SMILES string of the molecule is Cc1c2ccccc2c(C)c2cc3c(cc12)-c1ccc2c4c(ccc-3c14)-c1c-2c(-c2cc(C(C)(C)C)cc(C(C)(C)C)c2)c2ccccc2c1-c1cc(C(C)(C)C)cc(C(C)(C)C)c1. The van der Waals surface area contributed by atoms with E-state index in [-0.39, 0.29) is 21.7 Å². The number of benzene rings is 9. The highest BCUT2D eigenvalue weighted by Crippen LogP contribution is 2.62. The largest absolute Gasteiger partial charge is 0.0616 e. The third-order valence-corrected chi connectivity index (χ3v) is 15.1. The van der Waals surface area contributed by atoms with Gasteiger partial charge in [0.2, 0.25) is 0 Å². The van der Waals surface area contributed by atoms with Gasteiger partial charge in [-0.15, -0.1) is 0 Å². The van der Waals surface area contributed by atoms with E-state index in [0.717, 1.165) is 0 Å². The molecule has 2 aliphatic carbocycles. The lowest BCUT2D eigenvalue weighted by atomic mass is 9.75. The van der Waals surface area contributed by atoms with Crippen LogP contribution in [0.1, 0.15) is 116 Å². The summed E-state index contributed by atoms with van der Waals surface area (Å²) in [6.45, 7) is 33.0. The summed E-state index contributed by atoms with van der Waals surface area (Å²) in [5.74, 6) is 0. The predicted molar refractivity (Wildman–Crippen MR) is 280 cm³/mol. The van der Waals surface area contributed by atoms with E-state index in [2.05, 4.69) is 218 Å². The molecule has 0 saturated heterocycles. The van der Waals surface area contributed by atoms with Crippen LogP contribution in [0.25, 0.3) is 110 Å². The zero-order valence-corrected chi connectivity index (χ0v) is 40.5. The van der Waals surface area contributed by atoms with Gasteiger partial charge in [-0.3, -0.25) is 0 Å². The maximum absolute atomic E-state index is 2.52. The molecule has 0 atom stereocenters. The van der Waals surface area contributed by atoms with Crippen molar-refractivity contribution < 1.29 is 0 Å². The molecule has 9 aromatic rings. The van der Waals surface area contributed by atoms with Crippen LogP contribution in [-0.2, 0) is 21.7 Å². The van der Waals surface area contributed by atoms with E-state index in [1.165, 1.54) is 143 Å². The Labute approximate surface area is 381 Å². The van der Waals surface area contributed by atoms with E-state index in [1.54, 1.807) is 0 Å². The van der Waals surface area contributed by atoms with Crippen LogP contribution >= 0.6 is 0 Å². The van der Waals surface area contributed by atoms with Crippen LogP contribution in [0.4, 0.5) is 0 Å². The average Bonchev–Trinajstić information content (AvgIpc) is 3.74. The van der Waals surface area contributed by atoms with E-state index in [9.17, 15) is 0 Å². The first kappa shape index (κ1) is 40.8. The molecule has 0 heterocycles. The third kappa shape index (κ3) is 5.87. The molecule has 0 spiro atoms. The summed E-state index contributed by atoms with van der Waals surface area (Å²) >= 11 is 0. The summed E-state index contributed by atoms with van der Waals surface area (Å²) in [4.78, 5) is 0. The quantitative estimate of drug-likeness (QED) is 0.152. The lowest BCUT2D eigenvalue weighted by Gasteiger charge is -2.29. The van der Waals surface area contributed by atoms with Crippen molar-refractivity contribution in [3.63, 3.8) is 0 Å². The van der Waals surface area contributed by atoms with E-state index < -0.39 is 0 Å². The molecule has 0 heteroatoms. The second kappa shape index (κ2) is 13.3. The van der Waals surface area contributed by atoms with Gasteiger partial charge < -0.3 is 0 Å². The first-order valence-electron chi connectivity index (χ1n) is 23.6. The Balaban J connectivity index is 1.30. The van der Waals surface area contributed by atoms with E-state index in [4.69, 9.17) is 0 Å². The van der Waals surface area contributed by atoms with Gasteiger partial charge in [-0.1, -0.05) is 192 Å². The summed E-state index contributed by atoms with van der Waals surface area (Å²) < 4.78 is 0. The van der Waals surface area contributed by atoms with Gasteiger partial charge in [0.1, 0.15) is 0 Å². The van der Waals surface area contributed by atoms with Crippen molar-refractivity contribution in [2.75, 3.05) is 0 Å². The fraction of sp³-hybridized carbons (Fsp3) is 0.281. The number of aryl methyl sites for hydroxylation is 2. The van der Waals surface area contributed by atoms with E-state index in [1.807, 2.05) is 0 Å². The second-order valence-corrected chi connectivity index (χ2v) is 23.5. The Morgan fingerprint density at radius 3 is 0.891 bits per heavy atom. The molecule has 64 heavy (non-hydrogen) atoms. The van der Waals surface area contributed by atoms with Crippen molar-refractivity contribution in [1.82, 2.24) is 0 Å². The maximum Gasteiger partial charge on any atom is -0.000740 e. The zero-order chi connectivity index (χ0) is 45.2. The molecule has 2 aliphatic rings. The molecule has 0 unspecified atom stereocenters. The van der Waals surface area contributed by atoms with Gasteiger partial charge in [0.15, 0.2) is 0 Å². The van der Waals surface area contributed by atoms with Crippen molar-refractivity contribution in [2.45, 2.75) is 119 Å². The highest BCUT2D eigenvalue weighted by Gasteiger charge is 2.36.